The van der Waals surface area contributed by atoms with Crippen molar-refractivity contribution in [2.75, 3.05) is 13.7 Å². The van der Waals surface area contributed by atoms with Gasteiger partial charge in [0.25, 0.3) is 5.56 Å². The highest BCUT2D eigenvalue weighted by atomic mass is 16.5. The lowest BCUT2D eigenvalue weighted by molar-refractivity contribution is -0.0248. The van der Waals surface area contributed by atoms with E-state index in [-0.39, 0.29) is 17.2 Å². The second kappa shape index (κ2) is 5.64. The van der Waals surface area contributed by atoms with E-state index in [4.69, 9.17) is 9.47 Å². The van der Waals surface area contributed by atoms with Crippen molar-refractivity contribution in [1.82, 2.24) is 9.55 Å². The number of benzene rings is 1. The van der Waals surface area contributed by atoms with Crippen molar-refractivity contribution in [1.29, 1.82) is 0 Å². The first-order chi connectivity index (χ1) is 11.2. The van der Waals surface area contributed by atoms with E-state index in [0.29, 0.717) is 23.3 Å². The number of para-hydroxylation sites is 1. The van der Waals surface area contributed by atoms with Crippen LogP contribution in [0, 0.1) is 0 Å². The Kier molecular flexibility index (Phi) is 3.60. The quantitative estimate of drug-likeness (QED) is 0.855. The first kappa shape index (κ1) is 14.7. The summed E-state index contributed by atoms with van der Waals surface area (Å²) in [6, 6.07) is 5.57. The molecule has 1 aliphatic carbocycles. The molecule has 0 bridgehead atoms. The van der Waals surface area contributed by atoms with Gasteiger partial charge in [-0.15, -0.1) is 0 Å². The Labute approximate surface area is 135 Å². The maximum atomic E-state index is 12.9. The van der Waals surface area contributed by atoms with E-state index < -0.39 is 0 Å². The van der Waals surface area contributed by atoms with E-state index in [1.807, 2.05) is 18.2 Å². The fourth-order valence-corrected chi connectivity index (χ4v) is 4.11. The molecule has 0 radical (unpaired) electrons. The minimum atomic E-state index is -0.00824. The largest absolute Gasteiger partial charge is 0.494 e. The molecule has 1 saturated carbocycles. The summed E-state index contributed by atoms with van der Waals surface area (Å²) >= 11 is 0. The van der Waals surface area contributed by atoms with E-state index >= 15 is 0 Å². The van der Waals surface area contributed by atoms with Gasteiger partial charge in [0, 0.05) is 0 Å². The molecule has 2 heterocycles. The highest BCUT2D eigenvalue weighted by Gasteiger charge is 2.42. The average molecular weight is 314 g/mol. The minimum absolute atomic E-state index is 0.00430. The number of fused-ring (bicyclic) bond motifs is 1. The van der Waals surface area contributed by atoms with E-state index in [1.165, 1.54) is 19.3 Å². The number of nitrogens with zero attached hydrogens (tertiary/aromatic N) is 2. The summed E-state index contributed by atoms with van der Waals surface area (Å²) in [6.45, 7) is 0.608. The molecule has 5 heteroatoms. The van der Waals surface area contributed by atoms with Gasteiger partial charge in [-0.2, -0.15) is 0 Å². The van der Waals surface area contributed by atoms with Crippen molar-refractivity contribution in [3.63, 3.8) is 0 Å². The summed E-state index contributed by atoms with van der Waals surface area (Å²) < 4.78 is 13.2. The minimum Gasteiger partial charge on any atom is -0.494 e. The van der Waals surface area contributed by atoms with Crippen LogP contribution in [0.5, 0.6) is 5.75 Å². The van der Waals surface area contributed by atoms with Crippen LogP contribution in [0.3, 0.4) is 0 Å². The van der Waals surface area contributed by atoms with Gasteiger partial charge in [0.05, 0.1) is 37.1 Å². The average Bonchev–Trinajstić information content (AvgIpc) is 2.98. The molecule has 122 valence electrons. The summed E-state index contributed by atoms with van der Waals surface area (Å²) in [5.74, 6) is 0.637. The third kappa shape index (κ3) is 2.43. The Morgan fingerprint density at radius 3 is 2.91 bits per heavy atom. The topological polar surface area (TPSA) is 53.4 Å². The predicted octanol–water partition coefficient (Wildman–Crippen LogP) is 3.07. The maximum Gasteiger partial charge on any atom is 0.261 e. The van der Waals surface area contributed by atoms with Crippen molar-refractivity contribution in [2.24, 2.45) is 0 Å². The zero-order chi connectivity index (χ0) is 15.9. The smallest absolute Gasteiger partial charge is 0.261 e. The summed E-state index contributed by atoms with van der Waals surface area (Å²) in [6.07, 6.45) is 8.57. The lowest BCUT2D eigenvalue weighted by Gasteiger charge is -2.32. The van der Waals surface area contributed by atoms with Crippen LogP contribution in [0.4, 0.5) is 0 Å². The molecule has 0 unspecified atom stereocenters. The molecule has 0 N–H and O–H groups in total. The lowest BCUT2D eigenvalue weighted by atomic mass is 9.82. The Hall–Kier alpha value is -1.88. The van der Waals surface area contributed by atoms with E-state index in [9.17, 15) is 4.79 Å². The first-order valence-corrected chi connectivity index (χ1v) is 8.40. The molecule has 1 aromatic carbocycles. The number of rotatable bonds is 2. The molecular formula is C18H22N2O3. The van der Waals surface area contributed by atoms with Crippen LogP contribution >= 0.6 is 0 Å². The summed E-state index contributed by atoms with van der Waals surface area (Å²) in [7, 11) is 1.60. The van der Waals surface area contributed by atoms with Crippen LogP contribution in [0.15, 0.2) is 29.3 Å². The van der Waals surface area contributed by atoms with Gasteiger partial charge < -0.3 is 9.47 Å². The van der Waals surface area contributed by atoms with Crippen LogP contribution < -0.4 is 10.3 Å². The Morgan fingerprint density at radius 1 is 1.30 bits per heavy atom. The fourth-order valence-electron chi connectivity index (χ4n) is 4.11. The zero-order valence-electron chi connectivity index (χ0n) is 13.5. The summed E-state index contributed by atoms with van der Waals surface area (Å²) in [5, 5.41) is 0.608. The standard InChI is InChI=1S/C18H22N2O3/c1-22-15-7-5-6-14-16(15)19-12-20(17(14)21)13-10-18(23-11-13)8-3-2-4-9-18/h5-7,12-13H,2-4,8-11H2,1H3/t13-/m1/s1. The molecule has 2 fully saturated rings. The van der Waals surface area contributed by atoms with Crippen molar-refractivity contribution in [3.05, 3.63) is 34.9 Å². The molecule has 1 saturated heterocycles. The van der Waals surface area contributed by atoms with Gasteiger partial charge >= 0.3 is 0 Å². The van der Waals surface area contributed by atoms with Gasteiger partial charge in [0.1, 0.15) is 11.3 Å². The molecule has 5 nitrogen and oxygen atoms in total. The SMILES string of the molecule is COc1cccc2c(=O)n([C@H]3COC4(CCCCC4)C3)cnc12. The number of hydrogen-bond donors (Lipinski definition) is 0. The zero-order valence-corrected chi connectivity index (χ0v) is 13.5. The molecule has 23 heavy (non-hydrogen) atoms. The second-order valence-electron chi connectivity index (χ2n) is 6.73. The molecule has 1 spiro atoms. The highest BCUT2D eigenvalue weighted by molar-refractivity contribution is 5.83. The van der Waals surface area contributed by atoms with Crippen LogP contribution in [0.1, 0.15) is 44.6 Å². The van der Waals surface area contributed by atoms with E-state index in [2.05, 4.69) is 4.98 Å². The van der Waals surface area contributed by atoms with Gasteiger partial charge in [0.15, 0.2) is 0 Å². The Morgan fingerprint density at radius 2 is 2.13 bits per heavy atom. The second-order valence-corrected chi connectivity index (χ2v) is 6.73. The van der Waals surface area contributed by atoms with Gasteiger partial charge in [0.2, 0.25) is 0 Å². The number of methoxy groups -OCH3 is 1. The van der Waals surface area contributed by atoms with Crippen LogP contribution in [-0.4, -0.2) is 28.9 Å². The molecule has 1 aliphatic heterocycles. The number of aromatic nitrogens is 2. The third-order valence-corrected chi connectivity index (χ3v) is 5.34. The van der Waals surface area contributed by atoms with E-state index in [0.717, 1.165) is 19.3 Å². The summed E-state index contributed by atoms with van der Waals surface area (Å²) in [5.41, 5.74) is 0.615. The maximum absolute atomic E-state index is 12.9. The molecular weight excluding hydrogens is 292 g/mol. The van der Waals surface area contributed by atoms with Gasteiger partial charge in [-0.1, -0.05) is 25.3 Å². The van der Waals surface area contributed by atoms with Crippen LogP contribution in [0.2, 0.25) is 0 Å². The molecule has 2 aromatic rings. The summed E-state index contributed by atoms with van der Waals surface area (Å²) in [4.78, 5) is 17.3. The molecule has 0 amide bonds. The normalized spacial score (nSPS) is 23.4. The number of ether oxygens (including phenoxy) is 2. The molecule has 1 aromatic heterocycles. The van der Waals surface area contributed by atoms with Crippen LogP contribution in [-0.2, 0) is 4.74 Å². The lowest BCUT2D eigenvalue weighted by Crippen LogP contribution is -2.31. The fraction of sp³-hybridized carbons (Fsp3) is 0.556. The Bertz CT molecular complexity index is 777. The third-order valence-electron chi connectivity index (χ3n) is 5.34. The van der Waals surface area contributed by atoms with Crippen molar-refractivity contribution >= 4 is 10.9 Å². The van der Waals surface area contributed by atoms with Gasteiger partial charge in [-0.3, -0.25) is 9.36 Å². The molecule has 2 aliphatic rings. The van der Waals surface area contributed by atoms with Crippen molar-refractivity contribution in [2.45, 2.75) is 50.2 Å². The number of hydrogen-bond acceptors (Lipinski definition) is 4. The van der Waals surface area contributed by atoms with E-state index in [1.54, 1.807) is 18.0 Å². The van der Waals surface area contributed by atoms with Crippen LogP contribution in [0.25, 0.3) is 10.9 Å². The van der Waals surface area contributed by atoms with Crippen molar-refractivity contribution < 1.29 is 9.47 Å². The molecule has 1 atom stereocenters. The highest BCUT2D eigenvalue weighted by Crippen LogP contribution is 2.43. The molecule has 4 rings (SSSR count). The predicted molar refractivity (Wildman–Crippen MR) is 88.0 cm³/mol. The first-order valence-electron chi connectivity index (χ1n) is 8.40. The Balaban J connectivity index is 1.70. The monoisotopic (exact) mass is 314 g/mol. The van der Waals surface area contributed by atoms with Gasteiger partial charge in [-0.05, 0) is 31.4 Å². The van der Waals surface area contributed by atoms with Crippen molar-refractivity contribution in [3.8, 4) is 5.75 Å². The van der Waals surface area contributed by atoms with Gasteiger partial charge in [-0.25, -0.2) is 4.98 Å².